The molecule has 1 saturated heterocycles. The van der Waals surface area contributed by atoms with Crippen LogP contribution in [-0.4, -0.2) is 77.0 Å². The number of carbonyl (C=O) groups is 3. The van der Waals surface area contributed by atoms with Gasteiger partial charge in [0.15, 0.2) is 0 Å². The highest BCUT2D eigenvalue weighted by Crippen LogP contribution is 2.20. The van der Waals surface area contributed by atoms with Crippen molar-refractivity contribution >= 4 is 17.7 Å². The number of aryl methyl sites for hydroxylation is 1. The Kier molecular flexibility index (Phi) is 11.8. The summed E-state index contributed by atoms with van der Waals surface area (Å²) in [6, 6.07) is 9.96. The Bertz CT molecular complexity index is 1190. The zero-order chi connectivity index (χ0) is 30.1. The van der Waals surface area contributed by atoms with Gasteiger partial charge in [0, 0.05) is 32.2 Å². The van der Waals surface area contributed by atoms with Gasteiger partial charge >= 0.3 is 11.8 Å². The Labute approximate surface area is 241 Å². The van der Waals surface area contributed by atoms with Crippen molar-refractivity contribution in [1.82, 2.24) is 20.4 Å². The second-order valence-corrected chi connectivity index (χ2v) is 11.0. The van der Waals surface area contributed by atoms with Crippen LogP contribution in [0.1, 0.15) is 50.8 Å². The summed E-state index contributed by atoms with van der Waals surface area (Å²) in [5.74, 6) is -3.40. The van der Waals surface area contributed by atoms with Crippen LogP contribution in [0.3, 0.4) is 0 Å². The molecule has 0 saturated carbocycles. The van der Waals surface area contributed by atoms with E-state index in [1.165, 1.54) is 10.5 Å². The van der Waals surface area contributed by atoms with Gasteiger partial charge in [-0.1, -0.05) is 52.0 Å². The average molecular weight is 573 g/mol. The van der Waals surface area contributed by atoms with Crippen LogP contribution in [0.4, 0.5) is 8.78 Å². The molecule has 1 fully saturated rings. The lowest BCUT2D eigenvalue weighted by molar-refractivity contribution is -0.161. The van der Waals surface area contributed by atoms with Gasteiger partial charge in [0.1, 0.15) is 18.2 Å². The number of hydrogen-bond donors (Lipinski definition) is 3. The molecule has 0 bridgehead atoms. The van der Waals surface area contributed by atoms with Crippen LogP contribution in [0.15, 0.2) is 42.5 Å². The summed E-state index contributed by atoms with van der Waals surface area (Å²) in [6.07, 6.45) is 0.456. The van der Waals surface area contributed by atoms with E-state index in [9.17, 15) is 28.3 Å². The number of aliphatic hydroxyl groups is 1. The number of benzene rings is 2. The summed E-state index contributed by atoms with van der Waals surface area (Å²) in [5.41, 5.74) is 2.49. The Balaban J connectivity index is 1.70. The van der Waals surface area contributed by atoms with E-state index in [0.717, 1.165) is 30.2 Å². The molecular weight excluding hydrogens is 530 g/mol. The van der Waals surface area contributed by atoms with E-state index in [0.29, 0.717) is 19.5 Å². The van der Waals surface area contributed by atoms with Gasteiger partial charge in [0.25, 0.3) is 0 Å². The van der Waals surface area contributed by atoms with Crippen molar-refractivity contribution in [2.75, 3.05) is 26.2 Å². The van der Waals surface area contributed by atoms with Crippen LogP contribution < -0.4 is 10.6 Å². The number of piperazine rings is 1. The monoisotopic (exact) mass is 572 g/mol. The quantitative estimate of drug-likeness (QED) is 0.302. The molecular formula is C31H42F2N4O4. The third-order valence-electron chi connectivity index (χ3n) is 7.38. The zero-order valence-electron chi connectivity index (χ0n) is 24.3. The highest BCUT2D eigenvalue weighted by atomic mass is 19.1. The molecule has 8 nitrogen and oxygen atoms in total. The van der Waals surface area contributed by atoms with E-state index in [4.69, 9.17) is 0 Å². The van der Waals surface area contributed by atoms with Crippen LogP contribution in [0.2, 0.25) is 0 Å². The van der Waals surface area contributed by atoms with Gasteiger partial charge in [-0.15, -0.1) is 0 Å². The van der Waals surface area contributed by atoms with Gasteiger partial charge in [0.05, 0.1) is 18.2 Å². The summed E-state index contributed by atoms with van der Waals surface area (Å²) < 4.78 is 27.8. The molecule has 0 unspecified atom stereocenters. The van der Waals surface area contributed by atoms with Crippen molar-refractivity contribution in [2.45, 2.75) is 71.7 Å². The van der Waals surface area contributed by atoms with Crippen molar-refractivity contribution < 1.29 is 28.3 Å². The fourth-order valence-electron chi connectivity index (χ4n) is 5.19. The fraction of sp³-hybridized carbons (Fsp3) is 0.516. The summed E-state index contributed by atoms with van der Waals surface area (Å²) >= 11 is 0. The highest BCUT2D eigenvalue weighted by molar-refractivity contribution is 6.35. The fourth-order valence-corrected chi connectivity index (χ4v) is 5.19. The first-order valence-electron chi connectivity index (χ1n) is 14.3. The maximum absolute atomic E-state index is 13.9. The molecule has 0 spiro atoms. The van der Waals surface area contributed by atoms with E-state index in [-0.39, 0.29) is 43.6 Å². The number of nitrogens with zero attached hydrogens (tertiary/aromatic N) is 2. The van der Waals surface area contributed by atoms with Crippen molar-refractivity contribution in [2.24, 2.45) is 5.92 Å². The average Bonchev–Trinajstić information content (AvgIpc) is 2.91. The molecule has 10 heteroatoms. The van der Waals surface area contributed by atoms with E-state index < -0.39 is 41.5 Å². The van der Waals surface area contributed by atoms with E-state index in [1.807, 2.05) is 39.0 Å². The standard InChI is InChI=1S/C31H42F2N4O4/c1-5-10-37-27(20(3)4)18-36(30(40)31(37)41)19-29(39)35-26(14-23-12-24(32)15-25(33)13-23)28(38)17-34-16-22-9-7-8-21(6-2)11-22/h7-9,11-13,15,20,26-28,34,38H,5-6,10,14,16-19H2,1-4H3,(H,35,39)/t26-,27-,28+/m0/s1. The van der Waals surface area contributed by atoms with Gasteiger partial charge in [-0.05, 0) is 54.0 Å². The third kappa shape index (κ3) is 9.06. The van der Waals surface area contributed by atoms with Gasteiger partial charge in [-0.25, -0.2) is 8.78 Å². The van der Waals surface area contributed by atoms with Crippen LogP contribution >= 0.6 is 0 Å². The second-order valence-electron chi connectivity index (χ2n) is 11.0. The van der Waals surface area contributed by atoms with E-state index >= 15 is 0 Å². The minimum absolute atomic E-state index is 0.0413. The molecule has 3 N–H and O–H groups in total. The number of aliphatic hydroxyl groups excluding tert-OH is 1. The molecule has 3 atom stereocenters. The van der Waals surface area contributed by atoms with E-state index in [2.05, 4.69) is 23.6 Å². The maximum Gasteiger partial charge on any atom is 0.312 e. The van der Waals surface area contributed by atoms with Crippen molar-refractivity contribution in [3.05, 3.63) is 70.8 Å². The molecule has 1 aliphatic heterocycles. The topological polar surface area (TPSA) is 102 Å². The van der Waals surface area contributed by atoms with Crippen LogP contribution in [0.25, 0.3) is 0 Å². The van der Waals surface area contributed by atoms with Crippen molar-refractivity contribution in [1.29, 1.82) is 0 Å². The number of nitrogens with one attached hydrogen (secondary N) is 2. The maximum atomic E-state index is 13.9. The first-order valence-corrected chi connectivity index (χ1v) is 14.3. The molecule has 2 aromatic rings. The first kappa shape index (κ1) is 32.1. The molecule has 2 aromatic carbocycles. The lowest BCUT2D eigenvalue weighted by Crippen LogP contribution is -2.63. The Morgan fingerprint density at radius 1 is 1.02 bits per heavy atom. The molecule has 41 heavy (non-hydrogen) atoms. The summed E-state index contributed by atoms with van der Waals surface area (Å²) in [4.78, 5) is 41.6. The van der Waals surface area contributed by atoms with Gasteiger partial charge < -0.3 is 25.5 Å². The van der Waals surface area contributed by atoms with Crippen LogP contribution in [-0.2, 0) is 33.8 Å². The van der Waals surface area contributed by atoms with Crippen molar-refractivity contribution in [3.8, 4) is 0 Å². The Morgan fingerprint density at radius 3 is 2.34 bits per heavy atom. The number of rotatable bonds is 14. The van der Waals surface area contributed by atoms with Crippen LogP contribution in [0, 0.1) is 17.6 Å². The summed E-state index contributed by atoms with van der Waals surface area (Å²) in [7, 11) is 0. The minimum atomic E-state index is -1.11. The predicted octanol–water partition coefficient (Wildman–Crippen LogP) is 2.81. The van der Waals surface area contributed by atoms with Gasteiger partial charge in [0.2, 0.25) is 5.91 Å². The number of amides is 3. The minimum Gasteiger partial charge on any atom is -0.390 e. The lowest BCUT2D eigenvalue weighted by Gasteiger charge is -2.42. The predicted molar refractivity (Wildman–Crippen MR) is 153 cm³/mol. The first-order chi connectivity index (χ1) is 19.5. The Hall–Kier alpha value is -3.37. The molecule has 3 rings (SSSR count). The number of hydrogen-bond acceptors (Lipinski definition) is 5. The summed E-state index contributed by atoms with van der Waals surface area (Å²) in [5, 5.41) is 17.0. The zero-order valence-corrected chi connectivity index (χ0v) is 24.3. The molecule has 1 heterocycles. The van der Waals surface area contributed by atoms with Crippen molar-refractivity contribution in [3.63, 3.8) is 0 Å². The lowest BCUT2D eigenvalue weighted by atomic mass is 9.98. The number of carbonyl (C=O) groups excluding carboxylic acids is 3. The van der Waals surface area contributed by atoms with Gasteiger partial charge in [-0.2, -0.15) is 0 Å². The third-order valence-corrected chi connectivity index (χ3v) is 7.38. The van der Waals surface area contributed by atoms with E-state index in [1.54, 1.807) is 4.90 Å². The largest absolute Gasteiger partial charge is 0.390 e. The SMILES string of the molecule is CCCN1C(=O)C(=O)N(CC(=O)N[C@@H](Cc2cc(F)cc(F)c2)[C@H](O)CNCc2cccc(CC)c2)C[C@H]1C(C)C. The Morgan fingerprint density at radius 2 is 1.71 bits per heavy atom. The molecule has 0 aliphatic carbocycles. The molecule has 0 aromatic heterocycles. The molecule has 1 aliphatic rings. The molecule has 0 radical (unpaired) electrons. The molecule has 3 amide bonds. The van der Waals surface area contributed by atoms with Crippen LogP contribution in [0.5, 0.6) is 0 Å². The highest BCUT2D eigenvalue weighted by Gasteiger charge is 2.40. The molecule has 224 valence electrons. The second kappa shape index (κ2) is 15.0. The smallest absolute Gasteiger partial charge is 0.312 e. The van der Waals surface area contributed by atoms with Gasteiger partial charge in [-0.3, -0.25) is 14.4 Å². The number of halogens is 2. The summed E-state index contributed by atoms with van der Waals surface area (Å²) in [6.45, 7) is 8.81. The normalized spacial score (nSPS) is 17.2.